The van der Waals surface area contributed by atoms with Crippen LogP contribution in [0.3, 0.4) is 0 Å². The van der Waals surface area contributed by atoms with Crippen molar-refractivity contribution >= 4 is 11.7 Å². The summed E-state index contributed by atoms with van der Waals surface area (Å²) in [6.07, 6.45) is 6.69. The zero-order chi connectivity index (χ0) is 23.8. The summed E-state index contributed by atoms with van der Waals surface area (Å²) in [4.78, 5) is 25.2. The van der Waals surface area contributed by atoms with Gasteiger partial charge < -0.3 is 10.1 Å². The lowest BCUT2D eigenvalue weighted by Crippen LogP contribution is -2.43. The number of aromatic nitrogens is 2. The van der Waals surface area contributed by atoms with Crippen LogP contribution in [0.2, 0.25) is 0 Å². The highest BCUT2D eigenvalue weighted by Gasteiger charge is 2.25. The molecule has 1 atom stereocenters. The van der Waals surface area contributed by atoms with Crippen molar-refractivity contribution in [3.63, 3.8) is 0 Å². The van der Waals surface area contributed by atoms with Crippen molar-refractivity contribution in [2.75, 3.05) is 13.3 Å². The Morgan fingerprint density at radius 2 is 1.97 bits per heavy atom. The molecule has 6 nitrogen and oxygen atoms in total. The molecule has 0 spiro atoms. The summed E-state index contributed by atoms with van der Waals surface area (Å²) in [6, 6.07) is 12.3. The molecule has 1 aromatic heterocycles. The number of carbonyl (C=O) groups is 2. The van der Waals surface area contributed by atoms with E-state index in [9.17, 15) is 18.4 Å². The summed E-state index contributed by atoms with van der Waals surface area (Å²) in [5.74, 6) is 0.341. The lowest BCUT2D eigenvalue weighted by molar-refractivity contribution is -0.121. The lowest BCUT2D eigenvalue weighted by atomic mass is 10.0. The van der Waals surface area contributed by atoms with Gasteiger partial charge in [0.05, 0.1) is 18.2 Å². The van der Waals surface area contributed by atoms with Gasteiger partial charge in [0.2, 0.25) is 0 Å². The number of nitrogens with zero attached hydrogens (tertiary/aromatic N) is 2. The fourth-order valence-corrected chi connectivity index (χ4v) is 3.35. The van der Waals surface area contributed by atoms with E-state index in [4.69, 9.17) is 11.2 Å². The van der Waals surface area contributed by atoms with Gasteiger partial charge >= 0.3 is 0 Å². The molecule has 0 radical (unpaired) electrons. The first-order chi connectivity index (χ1) is 15.9. The number of Topliss-reactive ketones (excluding diaryl/α,β-unsaturated/α-hetero) is 1. The van der Waals surface area contributed by atoms with Crippen LogP contribution in [0.4, 0.5) is 8.78 Å². The summed E-state index contributed by atoms with van der Waals surface area (Å²) in [5, 5.41) is 6.80. The minimum Gasteiger partial charge on any atom is -0.364 e. The van der Waals surface area contributed by atoms with Crippen molar-refractivity contribution in [1.29, 1.82) is 0 Å². The number of amides is 1. The smallest absolute Gasteiger partial charge is 0.255 e. The second-order valence-corrected chi connectivity index (χ2v) is 7.39. The molecule has 0 aliphatic heterocycles. The minimum atomic E-state index is -1.21. The molecule has 0 aliphatic carbocycles. The molecule has 0 saturated carbocycles. The quantitative estimate of drug-likeness (QED) is 0.379. The fourth-order valence-electron chi connectivity index (χ4n) is 3.35. The molecule has 0 unspecified atom stereocenters. The third-order valence-corrected chi connectivity index (χ3v) is 4.92. The molecule has 1 heterocycles. The van der Waals surface area contributed by atoms with E-state index >= 15 is 0 Å². The lowest BCUT2D eigenvalue weighted by Gasteiger charge is -2.16. The first-order valence-electron chi connectivity index (χ1n) is 10.2. The number of halogens is 2. The third kappa shape index (κ3) is 6.11. The maximum Gasteiger partial charge on any atom is 0.255 e. The van der Waals surface area contributed by atoms with Crippen molar-refractivity contribution in [3.05, 3.63) is 77.2 Å². The van der Waals surface area contributed by atoms with Gasteiger partial charge in [-0.3, -0.25) is 14.3 Å². The van der Waals surface area contributed by atoms with Crippen LogP contribution in [-0.2, 0) is 29.6 Å². The summed E-state index contributed by atoms with van der Waals surface area (Å²) >= 11 is 0. The van der Waals surface area contributed by atoms with Gasteiger partial charge in [-0.15, -0.1) is 6.42 Å². The van der Waals surface area contributed by atoms with E-state index in [1.165, 1.54) is 23.0 Å². The number of aryl methyl sites for hydroxylation is 1. The first-order valence-corrected chi connectivity index (χ1v) is 10.2. The van der Waals surface area contributed by atoms with Crippen molar-refractivity contribution in [2.45, 2.75) is 19.1 Å². The maximum absolute atomic E-state index is 14.8. The van der Waals surface area contributed by atoms with E-state index in [0.29, 0.717) is 5.56 Å². The van der Waals surface area contributed by atoms with Crippen molar-refractivity contribution < 1.29 is 23.1 Å². The molecule has 1 N–H and O–H groups in total. The Morgan fingerprint density at radius 3 is 2.64 bits per heavy atom. The minimum absolute atomic E-state index is 0.0671. The van der Waals surface area contributed by atoms with Gasteiger partial charge in [-0.25, -0.2) is 8.78 Å². The molecule has 3 rings (SSSR count). The molecule has 0 fully saturated rings. The molecular formula is C25H23F2N3O3. The number of alkyl halides is 1. The van der Waals surface area contributed by atoms with Crippen molar-refractivity contribution in [3.8, 4) is 23.6 Å². The Kier molecular flexibility index (Phi) is 8.06. The standard InChI is InChI=1S/C25H23F2N3O3/c1-3-11-33-16-18-9-10-19(21(27)12-18)24-20(15-30(2)29-24)25(32)28-22(23(31)14-26)13-17-7-5-4-6-8-17/h1,4-10,12,15,22H,11,13-14,16H2,2H3,(H,28,32)/t22-/m0/s1. The molecule has 1 amide bonds. The van der Waals surface area contributed by atoms with Gasteiger partial charge in [0.15, 0.2) is 5.78 Å². The van der Waals surface area contributed by atoms with Gasteiger partial charge in [0.1, 0.15) is 24.8 Å². The van der Waals surface area contributed by atoms with E-state index in [-0.39, 0.29) is 36.5 Å². The summed E-state index contributed by atoms with van der Waals surface area (Å²) in [7, 11) is 1.59. The predicted molar refractivity (Wildman–Crippen MR) is 119 cm³/mol. The van der Waals surface area contributed by atoms with Gasteiger partial charge in [0.25, 0.3) is 5.91 Å². The monoisotopic (exact) mass is 451 g/mol. The zero-order valence-electron chi connectivity index (χ0n) is 18.1. The normalized spacial score (nSPS) is 11.6. The average Bonchev–Trinajstić information content (AvgIpc) is 3.20. The van der Waals surface area contributed by atoms with E-state index in [1.807, 2.05) is 6.07 Å². The second-order valence-electron chi connectivity index (χ2n) is 7.39. The van der Waals surface area contributed by atoms with Crippen LogP contribution in [0.5, 0.6) is 0 Å². The van der Waals surface area contributed by atoms with Crippen LogP contribution >= 0.6 is 0 Å². The SMILES string of the molecule is C#CCOCc1ccc(-c2nn(C)cc2C(=O)N[C@@H](Cc2ccccc2)C(=O)CF)c(F)c1. The molecule has 170 valence electrons. The molecule has 0 bridgehead atoms. The highest BCUT2D eigenvalue weighted by Crippen LogP contribution is 2.26. The second kappa shape index (κ2) is 11.2. The molecule has 2 aromatic carbocycles. The number of ketones is 1. The average molecular weight is 451 g/mol. The van der Waals surface area contributed by atoms with E-state index < -0.39 is 30.2 Å². The molecule has 33 heavy (non-hydrogen) atoms. The topological polar surface area (TPSA) is 73.2 Å². The van der Waals surface area contributed by atoms with Gasteiger partial charge in [-0.05, 0) is 29.7 Å². The Hall–Kier alpha value is -3.83. The number of benzene rings is 2. The third-order valence-electron chi connectivity index (χ3n) is 4.92. The highest BCUT2D eigenvalue weighted by molar-refractivity contribution is 6.02. The number of hydrogen-bond acceptors (Lipinski definition) is 4. The number of hydrogen-bond donors (Lipinski definition) is 1. The number of terminal acetylenes is 1. The van der Waals surface area contributed by atoms with E-state index in [2.05, 4.69) is 16.3 Å². The van der Waals surface area contributed by atoms with E-state index in [1.54, 1.807) is 37.4 Å². The van der Waals surface area contributed by atoms with E-state index in [0.717, 1.165) is 5.56 Å². The Balaban J connectivity index is 1.84. The molecular weight excluding hydrogens is 428 g/mol. The largest absolute Gasteiger partial charge is 0.364 e. The van der Waals surface area contributed by atoms with Crippen molar-refractivity contribution in [1.82, 2.24) is 15.1 Å². The molecule has 0 aliphatic rings. The molecule has 3 aromatic rings. The number of ether oxygens (including phenoxy) is 1. The van der Waals surface area contributed by atoms with Gasteiger partial charge in [-0.2, -0.15) is 5.10 Å². The Bertz CT molecular complexity index is 1170. The van der Waals surface area contributed by atoms with Crippen LogP contribution in [0.15, 0.2) is 54.7 Å². The maximum atomic E-state index is 14.8. The van der Waals surface area contributed by atoms with Gasteiger partial charge in [-0.1, -0.05) is 42.3 Å². The zero-order valence-corrected chi connectivity index (χ0v) is 18.1. The summed E-state index contributed by atoms with van der Waals surface area (Å²) < 4.78 is 34.6. The summed E-state index contributed by atoms with van der Waals surface area (Å²) in [6.45, 7) is -0.964. The van der Waals surface area contributed by atoms with Crippen molar-refractivity contribution in [2.24, 2.45) is 7.05 Å². The number of rotatable bonds is 10. The summed E-state index contributed by atoms with van der Waals surface area (Å²) in [5.41, 5.74) is 1.62. The number of carbonyl (C=O) groups excluding carboxylic acids is 2. The Morgan fingerprint density at radius 1 is 1.21 bits per heavy atom. The predicted octanol–water partition coefficient (Wildman–Crippen LogP) is 3.26. The first kappa shape index (κ1) is 23.8. The molecule has 0 saturated heterocycles. The Labute approximate surface area is 190 Å². The van der Waals surface area contributed by atoms with Crippen LogP contribution < -0.4 is 5.32 Å². The van der Waals surface area contributed by atoms with Crippen LogP contribution in [0.25, 0.3) is 11.3 Å². The van der Waals surface area contributed by atoms with Crippen LogP contribution in [0, 0.1) is 18.2 Å². The molecule has 8 heteroatoms. The highest BCUT2D eigenvalue weighted by atomic mass is 19.1. The fraction of sp³-hybridized carbons (Fsp3) is 0.240. The number of nitrogens with one attached hydrogen (secondary N) is 1. The van der Waals surface area contributed by atoms with Crippen LogP contribution in [0.1, 0.15) is 21.5 Å². The van der Waals surface area contributed by atoms with Crippen LogP contribution in [-0.4, -0.2) is 40.8 Å². The van der Waals surface area contributed by atoms with Gasteiger partial charge in [0, 0.05) is 18.8 Å².